The SMILES string of the molecule is CCCCc1ccc[c]c1[Si](C)(C)C. The number of benzene rings is 1. The molecular formula is C13H21Si. The van der Waals surface area contributed by atoms with Crippen molar-refractivity contribution in [2.75, 3.05) is 0 Å². The first-order valence-corrected chi connectivity index (χ1v) is 9.05. The van der Waals surface area contributed by atoms with E-state index < -0.39 is 8.07 Å². The highest BCUT2D eigenvalue weighted by molar-refractivity contribution is 6.88. The van der Waals surface area contributed by atoms with Crippen molar-refractivity contribution >= 4 is 13.3 Å². The molecule has 0 unspecified atom stereocenters. The fraction of sp³-hybridized carbons (Fsp3) is 0.538. The number of aryl methyl sites for hydroxylation is 1. The van der Waals surface area contributed by atoms with Crippen molar-refractivity contribution in [3.63, 3.8) is 0 Å². The molecule has 0 aliphatic rings. The Kier molecular flexibility index (Phi) is 3.94. The van der Waals surface area contributed by atoms with Crippen molar-refractivity contribution < 1.29 is 0 Å². The molecule has 0 amide bonds. The fourth-order valence-electron chi connectivity index (χ4n) is 1.75. The first-order valence-electron chi connectivity index (χ1n) is 5.55. The van der Waals surface area contributed by atoms with Crippen molar-refractivity contribution in [2.45, 2.75) is 45.8 Å². The number of rotatable bonds is 4. The van der Waals surface area contributed by atoms with Gasteiger partial charge in [-0.25, -0.2) is 0 Å². The van der Waals surface area contributed by atoms with E-state index in [-0.39, 0.29) is 0 Å². The average molecular weight is 205 g/mol. The van der Waals surface area contributed by atoms with Gasteiger partial charge in [-0.1, -0.05) is 51.2 Å². The molecule has 0 bridgehead atoms. The summed E-state index contributed by atoms with van der Waals surface area (Å²) in [6, 6.07) is 9.90. The Balaban J connectivity index is 2.92. The summed E-state index contributed by atoms with van der Waals surface area (Å²) >= 11 is 0. The zero-order chi connectivity index (χ0) is 10.6. The van der Waals surface area contributed by atoms with Crippen molar-refractivity contribution in [3.05, 3.63) is 29.8 Å². The quantitative estimate of drug-likeness (QED) is 0.661. The maximum absolute atomic E-state index is 3.45. The van der Waals surface area contributed by atoms with E-state index in [1.807, 2.05) is 0 Å². The Morgan fingerprint density at radius 3 is 2.57 bits per heavy atom. The second-order valence-corrected chi connectivity index (χ2v) is 9.92. The summed E-state index contributed by atoms with van der Waals surface area (Å²) in [7, 11) is -1.18. The molecule has 1 heteroatoms. The lowest BCUT2D eigenvalue weighted by Crippen LogP contribution is -2.40. The Bertz CT molecular complexity index is 284. The summed E-state index contributed by atoms with van der Waals surface area (Å²) in [6.07, 6.45) is 3.81. The largest absolute Gasteiger partial charge is 0.0787 e. The highest BCUT2D eigenvalue weighted by Gasteiger charge is 2.19. The molecule has 0 fully saturated rings. The topological polar surface area (TPSA) is 0 Å². The van der Waals surface area contributed by atoms with E-state index in [4.69, 9.17) is 0 Å². The summed E-state index contributed by atoms with van der Waals surface area (Å²) in [6.45, 7) is 9.44. The molecule has 1 aromatic rings. The van der Waals surface area contributed by atoms with Crippen LogP contribution in [0.25, 0.3) is 0 Å². The lowest BCUT2D eigenvalue weighted by molar-refractivity contribution is 0.797. The lowest BCUT2D eigenvalue weighted by Gasteiger charge is -2.20. The minimum absolute atomic E-state index is 1.18. The standard InChI is InChI=1S/C13H21Si/c1-5-6-9-12-10-7-8-11-13(12)14(2,3)4/h7-8,10H,5-6,9H2,1-4H3. The van der Waals surface area contributed by atoms with Crippen LogP contribution in [0, 0.1) is 6.07 Å². The van der Waals surface area contributed by atoms with Gasteiger partial charge in [-0.15, -0.1) is 0 Å². The molecule has 0 aliphatic carbocycles. The van der Waals surface area contributed by atoms with Crippen molar-refractivity contribution in [1.29, 1.82) is 0 Å². The predicted octanol–water partition coefficient (Wildman–Crippen LogP) is 3.37. The van der Waals surface area contributed by atoms with Crippen LogP contribution in [0.5, 0.6) is 0 Å². The highest BCUT2D eigenvalue weighted by atomic mass is 28.3. The molecule has 0 N–H and O–H groups in total. The summed E-state index contributed by atoms with van der Waals surface area (Å²) < 4.78 is 0. The van der Waals surface area contributed by atoms with Crippen LogP contribution in [0.4, 0.5) is 0 Å². The van der Waals surface area contributed by atoms with Gasteiger partial charge in [0.2, 0.25) is 0 Å². The predicted molar refractivity (Wildman–Crippen MR) is 66.9 cm³/mol. The van der Waals surface area contributed by atoms with Crippen molar-refractivity contribution in [1.82, 2.24) is 0 Å². The second-order valence-electron chi connectivity index (χ2n) is 4.92. The van der Waals surface area contributed by atoms with E-state index in [9.17, 15) is 0 Å². The van der Waals surface area contributed by atoms with Crippen LogP contribution >= 0.6 is 0 Å². The zero-order valence-corrected chi connectivity index (χ0v) is 10.9. The zero-order valence-electron chi connectivity index (χ0n) is 9.85. The molecule has 0 aliphatic heterocycles. The minimum Gasteiger partial charge on any atom is -0.0656 e. The summed E-state index contributed by atoms with van der Waals surface area (Å²) in [5.41, 5.74) is 1.54. The maximum atomic E-state index is 3.45. The second kappa shape index (κ2) is 4.79. The van der Waals surface area contributed by atoms with Crippen LogP contribution in [0.15, 0.2) is 18.2 Å². The van der Waals surface area contributed by atoms with Gasteiger partial charge in [-0.3, -0.25) is 0 Å². The molecule has 0 saturated heterocycles. The third kappa shape index (κ3) is 2.98. The third-order valence-electron chi connectivity index (χ3n) is 2.49. The molecule has 0 aromatic heterocycles. The van der Waals surface area contributed by atoms with Gasteiger partial charge >= 0.3 is 0 Å². The first-order chi connectivity index (χ1) is 6.55. The molecule has 0 heterocycles. The van der Waals surface area contributed by atoms with Crippen LogP contribution in [-0.4, -0.2) is 8.07 Å². The van der Waals surface area contributed by atoms with Gasteiger partial charge in [0.15, 0.2) is 0 Å². The van der Waals surface area contributed by atoms with Crippen LogP contribution in [0.3, 0.4) is 0 Å². The van der Waals surface area contributed by atoms with Crippen LogP contribution in [0.2, 0.25) is 19.6 Å². The van der Waals surface area contributed by atoms with Gasteiger partial charge < -0.3 is 0 Å². The van der Waals surface area contributed by atoms with Gasteiger partial charge in [0.1, 0.15) is 0 Å². The average Bonchev–Trinajstić information content (AvgIpc) is 2.14. The minimum atomic E-state index is -1.18. The maximum Gasteiger partial charge on any atom is 0.0787 e. The van der Waals surface area contributed by atoms with E-state index in [0.29, 0.717) is 0 Å². The van der Waals surface area contributed by atoms with Gasteiger partial charge in [-0.2, -0.15) is 0 Å². The van der Waals surface area contributed by atoms with Crippen LogP contribution in [-0.2, 0) is 6.42 Å². The molecular weight excluding hydrogens is 184 g/mol. The molecule has 0 saturated carbocycles. The number of hydrogen-bond donors (Lipinski definition) is 0. The molecule has 77 valence electrons. The third-order valence-corrected chi connectivity index (χ3v) is 4.46. The molecule has 1 aromatic carbocycles. The molecule has 1 rings (SSSR count). The Morgan fingerprint density at radius 2 is 2.00 bits per heavy atom. The van der Waals surface area contributed by atoms with E-state index in [2.05, 4.69) is 50.8 Å². The lowest BCUT2D eigenvalue weighted by atomic mass is 10.1. The molecule has 0 nitrogen and oxygen atoms in total. The molecule has 0 spiro atoms. The number of unbranched alkanes of at least 4 members (excludes halogenated alkanes) is 1. The smallest absolute Gasteiger partial charge is 0.0656 e. The van der Waals surface area contributed by atoms with Crippen LogP contribution in [0.1, 0.15) is 25.3 Å². The van der Waals surface area contributed by atoms with Gasteiger partial charge in [0.05, 0.1) is 8.07 Å². The summed E-state index contributed by atoms with van der Waals surface area (Å²) in [5, 5.41) is 1.52. The Labute approximate surface area is 89.4 Å². The monoisotopic (exact) mass is 205 g/mol. The normalized spacial score (nSPS) is 11.7. The first kappa shape index (κ1) is 11.5. The number of hydrogen-bond acceptors (Lipinski definition) is 0. The molecule has 14 heavy (non-hydrogen) atoms. The summed E-state index contributed by atoms with van der Waals surface area (Å²) in [4.78, 5) is 0. The summed E-state index contributed by atoms with van der Waals surface area (Å²) in [5.74, 6) is 0. The van der Waals surface area contributed by atoms with Crippen LogP contribution < -0.4 is 5.19 Å². The van der Waals surface area contributed by atoms with Gasteiger partial charge in [0.25, 0.3) is 0 Å². The van der Waals surface area contributed by atoms with Gasteiger partial charge in [-0.05, 0) is 29.7 Å². The molecule has 0 atom stereocenters. The Hall–Kier alpha value is -0.563. The Morgan fingerprint density at radius 1 is 1.29 bits per heavy atom. The van der Waals surface area contributed by atoms with E-state index in [0.717, 1.165) is 0 Å². The van der Waals surface area contributed by atoms with E-state index >= 15 is 0 Å². The van der Waals surface area contributed by atoms with E-state index in [1.165, 1.54) is 30.0 Å². The highest BCUT2D eigenvalue weighted by Crippen LogP contribution is 2.09. The van der Waals surface area contributed by atoms with Crippen molar-refractivity contribution in [3.8, 4) is 0 Å². The molecule has 1 radical (unpaired) electrons. The van der Waals surface area contributed by atoms with Crippen molar-refractivity contribution in [2.24, 2.45) is 0 Å². The van der Waals surface area contributed by atoms with Gasteiger partial charge in [0, 0.05) is 0 Å². The van der Waals surface area contributed by atoms with E-state index in [1.54, 1.807) is 0 Å². The fourth-order valence-corrected chi connectivity index (χ4v) is 3.43.